The third-order valence-electron chi connectivity index (χ3n) is 1.72. The van der Waals surface area contributed by atoms with Crippen LogP contribution in [0.4, 0.5) is 0 Å². The molecule has 0 bridgehead atoms. The van der Waals surface area contributed by atoms with Gasteiger partial charge in [-0.05, 0) is 6.92 Å². The molecule has 0 fully saturated rings. The van der Waals surface area contributed by atoms with Crippen LogP contribution in [0.25, 0.3) is 0 Å². The van der Waals surface area contributed by atoms with Crippen molar-refractivity contribution in [2.24, 2.45) is 5.73 Å². The van der Waals surface area contributed by atoms with E-state index in [1.54, 1.807) is 6.92 Å². The van der Waals surface area contributed by atoms with Crippen LogP contribution in [0.15, 0.2) is 12.3 Å². The third kappa shape index (κ3) is 2.21. The Morgan fingerprint density at radius 1 is 1.71 bits per heavy atom. The molecule has 0 aliphatic heterocycles. The predicted molar refractivity (Wildman–Crippen MR) is 53.8 cm³/mol. The van der Waals surface area contributed by atoms with Gasteiger partial charge in [-0.1, -0.05) is 11.6 Å². The lowest BCUT2D eigenvalue weighted by Crippen LogP contribution is -2.26. The van der Waals surface area contributed by atoms with Gasteiger partial charge >= 0.3 is 0 Å². The normalized spacial score (nSPS) is 12.3. The SMILES string of the molecule is COc1cc(C(=O)C(C)N)c(Cl)cn1. The van der Waals surface area contributed by atoms with Gasteiger partial charge < -0.3 is 10.5 Å². The minimum Gasteiger partial charge on any atom is -0.481 e. The molecule has 1 heterocycles. The lowest BCUT2D eigenvalue weighted by molar-refractivity contribution is 0.0967. The number of rotatable bonds is 3. The van der Waals surface area contributed by atoms with Crippen molar-refractivity contribution < 1.29 is 9.53 Å². The van der Waals surface area contributed by atoms with Gasteiger partial charge in [0.2, 0.25) is 5.88 Å². The van der Waals surface area contributed by atoms with Gasteiger partial charge in [-0.15, -0.1) is 0 Å². The largest absolute Gasteiger partial charge is 0.481 e. The van der Waals surface area contributed by atoms with Crippen LogP contribution in [0, 0.1) is 0 Å². The second-order valence-corrected chi connectivity index (χ2v) is 3.27. The maximum atomic E-state index is 11.5. The number of hydrogen-bond donors (Lipinski definition) is 1. The van der Waals surface area contributed by atoms with Gasteiger partial charge in [0.05, 0.1) is 24.4 Å². The molecule has 0 spiro atoms. The van der Waals surface area contributed by atoms with Crippen molar-refractivity contribution in [3.63, 3.8) is 0 Å². The molecule has 0 aliphatic carbocycles. The van der Waals surface area contributed by atoms with Gasteiger partial charge in [0.25, 0.3) is 0 Å². The fourth-order valence-corrected chi connectivity index (χ4v) is 1.16. The summed E-state index contributed by atoms with van der Waals surface area (Å²) < 4.78 is 4.88. The van der Waals surface area contributed by atoms with Gasteiger partial charge in [0, 0.05) is 11.6 Å². The van der Waals surface area contributed by atoms with Crippen LogP contribution in [0.2, 0.25) is 5.02 Å². The number of ketones is 1. The van der Waals surface area contributed by atoms with Crippen molar-refractivity contribution in [2.45, 2.75) is 13.0 Å². The van der Waals surface area contributed by atoms with E-state index in [4.69, 9.17) is 22.1 Å². The van der Waals surface area contributed by atoms with Crippen molar-refractivity contribution in [1.82, 2.24) is 4.98 Å². The first-order valence-electron chi connectivity index (χ1n) is 4.05. The average Bonchev–Trinajstić information content (AvgIpc) is 2.17. The van der Waals surface area contributed by atoms with E-state index < -0.39 is 6.04 Å². The van der Waals surface area contributed by atoms with Gasteiger partial charge in [0.15, 0.2) is 5.78 Å². The number of halogens is 1. The fraction of sp³-hybridized carbons (Fsp3) is 0.333. The second kappa shape index (κ2) is 4.39. The van der Waals surface area contributed by atoms with Crippen LogP contribution < -0.4 is 10.5 Å². The molecule has 4 nitrogen and oxygen atoms in total. The molecular weight excluding hydrogens is 204 g/mol. The van der Waals surface area contributed by atoms with Crippen molar-refractivity contribution in [3.05, 3.63) is 22.8 Å². The van der Waals surface area contributed by atoms with Crippen LogP contribution in [0.3, 0.4) is 0 Å². The molecule has 2 N–H and O–H groups in total. The number of hydrogen-bond acceptors (Lipinski definition) is 4. The number of pyridine rings is 1. The van der Waals surface area contributed by atoms with E-state index in [9.17, 15) is 4.79 Å². The molecule has 76 valence electrons. The lowest BCUT2D eigenvalue weighted by Gasteiger charge is -2.07. The van der Waals surface area contributed by atoms with Gasteiger partial charge in [-0.2, -0.15) is 0 Å². The van der Waals surface area contributed by atoms with E-state index in [1.807, 2.05) is 0 Å². The van der Waals surface area contributed by atoms with Crippen molar-refractivity contribution >= 4 is 17.4 Å². The van der Waals surface area contributed by atoms with E-state index in [-0.39, 0.29) is 10.8 Å². The molecule has 5 heteroatoms. The van der Waals surface area contributed by atoms with Gasteiger partial charge in [-0.25, -0.2) is 4.98 Å². The summed E-state index contributed by atoms with van der Waals surface area (Å²) in [7, 11) is 1.47. The molecule has 14 heavy (non-hydrogen) atoms. The summed E-state index contributed by atoms with van der Waals surface area (Å²) in [6.07, 6.45) is 1.37. The monoisotopic (exact) mass is 214 g/mol. The van der Waals surface area contributed by atoms with Gasteiger partial charge in [0.1, 0.15) is 0 Å². The van der Waals surface area contributed by atoms with Crippen LogP contribution in [-0.2, 0) is 0 Å². The second-order valence-electron chi connectivity index (χ2n) is 2.86. The van der Waals surface area contributed by atoms with Crippen molar-refractivity contribution in [1.29, 1.82) is 0 Å². The molecule has 1 rings (SSSR count). The van der Waals surface area contributed by atoms with Crippen molar-refractivity contribution in [3.8, 4) is 5.88 Å². The lowest BCUT2D eigenvalue weighted by atomic mass is 10.1. The van der Waals surface area contributed by atoms with Gasteiger partial charge in [-0.3, -0.25) is 4.79 Å². The summed E-state index contributed by atoms with van der Waals surface area (Å²) >= 11 is 5.80. The number of aromatic nitrogens is 1. The minimum absolute atomic E-state index is 0.226. The summed E-state index contributed by atoms with van der Waals surface area (Å²) in [5, 5.41) is 0.285. The number of Topliss-reactive ketones (excluding diaryl/α,β-unsaturated/α-hetero) is 1. The number of ether oxygens (including phenoxy) is 1. The maximum absolute atomic E-state index is 11.5. The summed E-state index contributed by atoms with van der Waals surface area (Å²) in [6, 6.07) is 0.896. The number of carbonyl (C=O) groups excluding carboxylic acids is 1. The highest BCUT2D eigenvalue weighted by Crippen LogP contribution is 2.20. The zero-order valence-electron chi connectivity index (χ0n) is 7.95. The topological polar surface area (TPSA) is 65.2 Å². The summed E-state index contributed by atoms with van der Waals surface area (Å²) in [5.41, 5.74) is 5.80. The highest BCUT2D eigenvalue weighted by Gasteiger charge is 2.15. The molecule has 0 saturated carbocycles. The summed E-state index contributed by atoms with van der Waals surface area (Å²) in [4.78, 5) is 15.4. The van der Waals surface area contributed by atoms with Crippen molar-refractivity contribution in [2.75, 3.05) is 7.11 Å². The maximum Gasteiger partial charge on any atom is 0.213 e. The van der Waals surface area contributed by atoms with Crippen LogP contribution in [0.1, 0.15) is 17.3 Å². The van der Waals surface area contributed by atoms with Crippen LogP contribution in [0.5, 0.6) is 5.88 Å². The molecule has 1 atom stereocenters. The third-order valence-corrected chi connectivity index (χ3v) is 2.02. The first kappa shape index (κ1) is 10.9. The zero-order chi connectivity index (χ0) is 10.7. The molecule has 1 aromatic rings. The Labute approximate surface area is 87.0 Å². The quantitative estimate of drug-likeness (QED) is 0.770. The Bertz CT molecular complexity index is 353. The molecule has 1 unspecified atom stereocenters. The number of methoxy groups -OCH3 is 1. The van der Waals surface area contributed by atoms with E-state index in [1.165, 1.54) is 19.4 Å². The number of nitrogens with two attached hydrogens (primary N) is 1. The molecule has 1 aromatic heterocycles. The Kier molecular flexibility index (Phi) is 3.43. The highest BCUT2D eigenvalue weighted by molar-refractivity contribution is 6.34. The molecule has 0 saturated heterocycles. The van der Waals surface area contributed by atoms with Crippen LogP contribution in [-0.4, -0.2) is 23.9 Å². The molecule has 0 radical (unpaired) electrons. The Hall–Kier alpha value is -1.13. The number of nitrogens with zero attached hydrogens (tertiary/aromatic N) is 1. The molecule has 0 aromatic carbocycles. The Balaban J connectivity index is 3.12. The highest BCUT2D eigenvalue weighted by atomic mass is 35.5. The smallest absolute Gasteiger partial charge is 0.213 e. The first-order valence-corrected chi connectivity index (χ1v) is 4.43. The summed E-state index contributed by atoms with van der Waals surface area (Å²) in [6.45, 7) is 1.60. The Morgan fingerprint density at radius 3 is 2.86 bits per heavy atom. The number of carbonyl (C=O) groups is 1. The average molecular weight is 215 g/mol. The predicted octanol–water partition coefficient (Wildman–Crippen LogP) is 1.27. The molecular formula is C9H11ClN2O2. The summed E-state index contributed by atoms with van der Waals surface area (Å²) in [5.74, 6) is 0.120. The van der Waals surface area contributed by atoms with E-state index in [0.29, 0.717) is 11.4 Å². The standard InChI is InChI=1S/C9H11ClN2O2/c1-5(11)9(13)6-3-8(14-2)12-4-7(6)10/h3-5H,11H2,1-2H3. The molecule has 0 aliphatic rings. The molecule has 0 amide bonds. The van der Waals surface area contributed by atoms with Crippen LogP contribution >= 0.6 is 11.6 Å². The fourth-order valence-electron chi connectivity index (χ4n) is 0.965. The van der Waals surface area contributed by atoms with E-state index in [0.717, 1.165) is 0 Å². The minimum atomic E-state index is -0.584. The van der Waals surface area contributed by atoms with E-state index in [2.05, 4.69) is 4.98 Å². The Morgan fingerprint density at radius 2 is 2.36 bits per heavy atom. The zero-order valence-corrected chi connectivity index (χ0v) is 8.71. The first-order chi connectivity index (χ1) is 6.56. The van der Waals surface area contributed by atoms with E-state index >= 15 is 0 Å².